The van der Waals surface area contributed by atoms with Crippen LogP contribution in [0, 0.1) is 10.1 Å². The number of nitrogens with zero attached hydrogens (tertiary/aromatic N) is 3. The first kappa shape index (κ1) is 20.7. The zero-order valence-corrected chi connectivity index (χ0v) is 18.1. The van der Waals surface area contributed by atoms with Gasteiger partial charge >= 0.3 is 0 Å². The van der Waals surface area contributed by atoms with Crippen molar-refractivity contribution >= 4 is 51.8 Å². The Kier molecular flexibility index (Phi) is 5.94. The number of nitro groups is 1. The number of thiocarbonyl (C=S) groups is 1. The molecular weight excluding hydrogens is 445 g/mol. The molecule has 6 nitrogen and oxygen atoms in total. The standard InChI is InChI=1S/C21H17Cl2N3O3S/c22-14-1-6-17(18(23)13-14)19-7-8-20(29-19)21(30)25-11-9-24(10-12-25)15-2-4-16(5-3-15)26(27)28/h1-8,13H,9-12H2. The molecule has 154 valence electrons. The molecule has 9 heteroatoms. The van der Waals surface area contributed by atoms with Crippen LogP contribution >= 0.6 is 35.4 Å². The summed E-state index contributed by atoms with van der Waals surface area (Å²) in [5.41, 5.74) is 1.81. The Morgan fingerprint density at radius 2 is 1.70 bits per heavy atom. The molecule has 0 N–H and O–H groups in total. The minimum Gasteiger partial charge on any atom is -0.454 e. The molecule has 1 aromatic heterocycles. The van der Waals surface area contributed by atoms with E-state index in [0.717, 1.165) is 37.4 Å². The average molecular weight is 462 g/mol. The highest BCUT2D eigenvalue weighted by Gasteiger charge is 2.22. The number of anilines is 1. The van der Waals surface area contributed by atoms with Crippen molar-refractivity contribution in [3.05, 3.63) is 80.5 Å². The third-order valence-electron chi connectivity index (χ3n) is 5.01. The maximum Gasteiger partial charge on any atom is 0.269 e. The van der Waals surface area contributed by atoms with Crippen LogP contribution in [-0.2, 0) is 0 Å². The zero-order chi connectivity index (χ0) is 21.3. The van der Waals surface area contributed by atoms with E-state index in [9.17, 15) is 10.1 Å². The highest BCUT2D eigenvalue weighted by atomic mass is 35.5. The van der Waals surface area contributed by atoms with Gasteiger partial charge in [0.05, 0.1) is 9.95 Å². The lowest BCUT2D eigenvalue weighted by molar-refractivity contribution is -0.384. The van der Waals surface area contributed by atoms with Crippen LogP contribution in [0.25, 0.3) is 11.3 Å². The molecule has 0 radical (unpaired) electrons. The predicted octanol–water partition coefficient (Wildman–Crippen LogP) is 5.66. The van der Waals surface area contributed by atoms with Gasteiger partial charge in [-0.2, -0.15) is 0 Å². The molecule has 0 unspecified atom stereocenters. The van der Waals surface area contributed by atoms with Crippen LogP contribution < -0.4 is 4.90 Å². The number of benzene rings is 2. The molecule has 30 heavy (non-hydrogen) atoms. The minimum atomic E-state index is -0.394. The van der Waals surface area contributed by atoms with Crippen molar-refractivity contribution in [3.8, 4) is 11.3 Å². The number of hydrogen-bond acceptors (Lipinski definition) is 5. The summed E-state index contributed by atoms with van der Waals surface area (Å²) < 4.78 is 5.96. The first-order valence-corrected chi connectivity index (χ1v) is 10.4. The van der Waals surface area contributed by atoms with Gasteiger partial charge in [-0.15, -0.1) is 0 Å². The molecule has 1 saturated heterocycles. The van der Waals surface area contributed by atoms with Crippen molar-refractivity contribution in [2.45, 2.75) is 0 Å². The first-order valence-electron chi connectivity index (χ1n) is 9.26. The fourth-order valence-electron chi connectivity index (χ4n) is 3.40. The fraction of sp³-hybridized carbons (Fsp3) is 0.190. The maximum atomic E-state index is 10.8. The lowest BCUT2D eigenvalue weighted by Crippen LogP contribution is -2.48. The molecule has 0 atom stereocenters. The third-order valence-corrected chi connectivity index (χ3v) is 6.01. The van der Waals surface area contributed by atoms with E-state index < -0.39 is 4.92 Å². The van der Waals surface area contributed by atoms with Gasteiger partial charge in [0.2, 0.25) is 0 Å². The van der Waals surface area contributed by atoms with Crippen LogP contribution in [0.5, 0.6) is 0 Å². The van der Waals surface area contributed by atoms with Crippen molar-refractivity contribution in [2.24, 2.45) is 0 Å². The van der Waals surface area contributed by atoms with Crippen molar-refractivity contribution in [1.29, 1.82) is 0 Å². The zero-order valence-electron chi connectivity index (χ0n) is 15.8. The van der Waals surface area contributed by atoms with Crippen molar-refractivity contribution < 1.29 is 9.34 Å². The topological polar surface area (TPSA) is 62.8 Å². The SMILES string of the molecule is O=[N+]([O-])c1ccc(N2CCN(C(=S)c3ccc(-c4ccc(Cl)cc4Cl)o3)CC2)cc1. The largest absolute Gasteiger partial charge is 0.454 e. The number of rotatable bonds is 4. The minimum absolute atomic E-state index is 0.0907. The monoisotopic (exact) mass is 461 g/mol. The second-order valence-corrected chi connectivity index (χ2v) is 8.07. The van der Waals surface area contributed by atoms with Gasteiger partial charge in [0.25, 0.3) is 5.69 Å². The Bertz CT molecular complexity index is 1090. The smallest absolute Gasteiger partial charge is 0.269 e. The van der Waals surface area contributed by atoms with Gasteiger partial charge in [0.1, 0.15) is 10.7 Å². The Labute approximate surface area is 188 Å². The number of piperazine rings is 1. The van der Waals surface area contributed by atoms with E-state index in [1.807, 2.05) is 18.2 Å². The summed E-state index contributed by atoms with van der Waals surface area (Å²) in [5, 5.41) is 11.9. The van der Waals surface area contributed by atoms with Gasteiger partial charge < -0.3 is 14.2 Å². The number of furan rings is 1. The summed E-state index contributed by atoms with van der Waals surface area (Å²) in [5.74, 6) is 1.26. The van der Waals surface area contributed by atoms with Gasteiger partial charge in [-0.25, -0.2) is 0 Å². The van der Waals surface area contributed by atoms with Crippen LogP contribution in [-0.4, -0.2) is 41.0 Å². The van der Waals surface area contributed by atoms with E-state index in [0.29, 0.717) is 26.6 Å². The van der Waals surface area contributed by atoms with Gasteiger partial charge in [-0.3, -0.25) is 10.1 Å². The summed E-state index contributed by atoms with van der Waals surface area (Å²) in [6.45, 7) is 2.98. The number of non-ortho nitro benzene ring substituents is 1. The highest BCUT2D eigenvalue weighted by Crippen LogP contribution is 2.32. The number of hydrogen-bond donors (Lipinski definition) is 0. The summed E-state index contributed by atoms with van der Waals surface area (Å²) in [4.78, 5) is 15.4. The molecule has 0 saturated carbocycles. The predicted molar refractivity (Wildman–Crippen MR) is 123 cm³/mol. The Balaban J connectivity index is 1.41. The van der Waals surface area contributed by atoms with Crippen LogP contribution in [0.3, 0.4) is 0 Å². The van der Waals surface area contributed by atoms with Crippen LogP contribution in [0.1, 0.15) is 5.76 Å². The summed E-state index contributed by atoms with van der Waals surface area (Å²) in [6.07, 6.45) is 0. The molecule has 0 spiro atoms. The van der Waals surface area contributed by atoms with E-state index in [4.69, 9.17) is 39.8 Å². The van der Waals surface area contributed by atoms with Gasteiger partial charge in [-0.05, 0) is 42.5 Å². The molecule has 2 heterocycles. The Morgan fingerprint density at radius 3 is 2.33 bits per heavy atom. The summed E-state index contributed by atoms with van der Waals surface area (Å²) >= 11 is 17.9. The normalized spacial score (nSPS) is 14.1. The lowest BCUT2D eigenvalue weighted by atomic mass is 10.2. The van der Waals surface area contributed by atoms with E-state index >= 15 is 0 Å². The fourth-order valence-corrected chi connectivity index (χ4v) is 4.19. The molecule has 1 fully saturated rings. The summed E-state index contributed by atoms with van der Waals surface area (Å²) in [6, 6.07) is 15.6. The van der Waals surface area contributed by atoms with Gasteiger partial charge in [0.15, 0.2) is 5.76 Å². The molecule has 0 aliphatic carbocycles. The van der Waals surface area contributed by atoms with Gasteiger partial charge in [-0.1, -0.05) is 35.4 Å². The molecule has 0 bridgehead atoms. The maximum absolute atomic E-state index is 10.8. The van der Waals surface area contributed by atoms with Crippen molar-refractivity contribution in [2.75, 3.05) is 31.1 Å². The molecule has 1 aliphatic heterocycles. The second kappa shape index (κ2) is 8.63. The van der Waals surface area contributed by atoms with E-state index in [-0.39, 0.29) is 5.69 Å². The molecule has 2 aromatic carbocycles. The molecule has 0 amide bonds. The highest BCUT2D eigenvalue weighted by molar-refractivity contribution is 7.80. The number of nitro benzene ring substituents is 1. The quantitative estimate of drug-likeness (QED) is 0.283. The Hall–Kier alpha value is -2.61. The van der Waals surface area contributed by atoms with Crippen molar-refractivity contribution in [3.63, 3.8) is 0 Å². The molecule has 1 aliphatic rings. The van der Waals surface area contributed by atoms with Crippen LogP contribution in [0.2, 0.25) is 10.0 Å². The molecule has 3 aromatic rings. The van der Waals surface area contributed by atoms with E-state index in [1.54, 1.807) is 24.3 Å². The summed E-state index contributed by atoms with van der Waals surface area (Å²) in [7, 11) is 0. The van der Waals surface area contributed by atoms with E-state index in [2.05, 4.69) is 9.80 Å². The van der Waals surface area contributed by atoms with Crippen LogP contribution in [0.4, 0.5) is 11.4 Å². The van der Waals surface area contributed by atoms with Crippen LogP contribution in [0.15, 0.2) is 59.0 Å². The van der Waals surface area contributed by atoms with Gasteiger partial charge in [0, 0.05) is 54.6 Å². The van der Waals surface area contributed by atoms with Crippen molar-refractivity contribution in [1.82, 2.24) is 4.90 Å². The lowest BCUT2D eigenvalue weighted by Gasteiger charge is -2.36. The number of halogens is 2. The second-order valence-electron chi connectivity index (χ2n) is 6.84. The Morgan fingerprint density at radius 1 is 1.00 bits per heavy atom. The van der Waals surface area contributed by atoms with E-state index in [1.165, 1.54) is 12.1 Å². The average Bonchev–Trinajstić information content (AvgIpc) is 3.23. The first-order chi connectivity index (χ1) is 14.4. The molecule has 4 rings (SSSR count). The molecular formula is C21H17Cl2N3O3S. The third kappa shape index (κ3) is 4.28.